The van der Waals surface area contributed by atoms with Gasteiger partial charge < -0.3 is 10.6 Å². The molecule has 0 unspecified atom stereocenters. The minimum Gasteiger partial charge on any atom is -0.385 e. The average Bonchev–Trinajstić information content (AvgIpc) is 2.91. The molecule has 0 saturated carbocycles. The Labute approximate surface area is 114 Å². The Bertz CT molecular complexity index is 557. The number of anilines is 1. The van der Waals surface area contributed by atoms with E-state index >= 15 is 0 Å². The Hall–Kier alpha value is -1.95. The van der Waals surface area contributed by atoms with E-state index in [9.17, 15) is 9.18 Å². The summed E-state index contributed by atoms with van der Waals surface area (Å²) in [5, 5.41) is 7.40. The molecule has 2 N–H and O–H groups in total. The fourth-order valence-electron chi connectivity index (χ4n) is 1.73. The van der Waals surface area contributed by atoms with Gasteiger partial charge in [-0.2, -0.15) is 0 Å². The highest BCUT2D eigenvalue weighted by Gasteiger charge is 2.13. The number of carbonyl (C=O) groups is 1. The number of amides is 1. The molecular weight excluding hydrogens is 265 g/mol. The summed E-state index contributed by atoms with van der Waals surface area (Å²) in [6.45, 7) is 0.474. The molecule has 0 fully saturated rings. The van der Waals surface area contributed by atoms with Gasteiger partial charge in [-0.05, 0) is 12.1 Å². The second-order valence-electron chi connectivity index (χ2n) is 3.90. The number of halogens is 1. The number of para-hydroxylation sites is 1. The van der Waals surface area contributed by atoms with Gasteiger partial charge in [-0.3, -0.25) is 4.79 Å². The Morgan fingerprint density at radius 2 is 2.32 bits per heavy atom. The number of thiazole rings is 1. The van der Waals surface area contributed by atoms with E-state index in [-0.39, 0.29) is 11.6 Å². The van der Waals surface area contributed by atoms with E-state index in [0.29, 0.717) is 18.5 Å². The lowest BCUT2D eigenvalue weighted by atomic mass is 10.1. The summed E-state index contributed by atoms with van der Waals surface area (Å²) < 4.78 is 13.5. The lowest BCUT2D eigenvalue weighted by Gasteiger charge is -2.10. The molecule has 2 rings (SSSR count). The standard InChI is InChI=1S/C13H14FN3OS/c1-15-12-10(3-2-4-11(12)14)13(18)16-6-5-9-7-19-8-17-9/h2-4,7-8,15H,5-6H2,1H3,(H,16,18). The van der Waals surface area contributed by atoms with Crippen LogP contribution in [0.3, 0.4) is 0 Å². The first-order chi connectivity index (χ1) is 9.22. The lowest BCUT2D eigenvalue weighted by Crippen LogP contribution is -2.26. The zero-order chi connectivity index (χ0) is 13.7. The minimum atomic E-state index is -0.436. The molecule has 0 aliphatic carbocycles. The third-order valence-electron chi connectivity index (χ3n) is 2.66. The van der Waals surface area contributed by atoms with Crippen molar-refractivity contribution in [1.29, 1.82) is 0 Å². The first-order valence-corrected chi connectivity index (χ1v) is 6.78. The maximum atomic E-state index is 13.5. The Kier molecular flexibility index (Phi) is 4.46. The summed E-state index contributed by atoms with van der Waals surface area (Å²) in [6, 6.07) is 4.43. The molecule has 0 aliphatic rings. The van der Waals surface area contributed by atoms with Crippen molar-refractivity contribution in [3.8, 4) is 0 Å². The van der Waals surface area contributed by atoms with Crippen molar-refractivity contribution >= 4 is 22.9 Å². The zero-order valence-corrected chi connectivity index (χ0v) is 11.3. The lowest BCUT2D eigenvalue weighted by molar-refractivity contribution is 0.0954. The molecule has 2 aromatic rings. The average molecular weight is 279 g/mol. The topological polar surface area (TPSA) is 54.0 Å². The van der Waals surface area contributed by atoms with Crippen LogP contribution in [0.1, 0.15) is 16.1 Å². The molecule has 1 aromatic carbocycles. The van der Waals surface area contributed by atoms with Crippen LogP contribution in [-0.2, 0) is 6.42 Å². The van der Waals surface area contributed by atoms with E-state index in [2.05, 4.69) is 15.6 Å². The summed E-state index contributed by atoms with van der Waals surface area (Å²) in [5.41, 5.74) is 3.22. The van der Waals surface area contributed by atoms with Crippen LogP contribution in [0.15, 0.2) is 29.1 Å². The molecule has 0 radical (unpaired) electrons. The molecular formula is C13H14FN3OS. The summed E-state index contributed by atoms with van der Waals surface area (Å²) in [6.07, 6.45) is 0.666. The van der Waals surface area contributed by atoms with Gasteiger partial charge in [0.2, 0.25) is 0 Å². The van der Waals surface area contributed by atoms with Crippen LogP contribution in [-0.4, -0.2) is 24.5 Å². The second kappa shape index (κ2) is 6.29. The van der Waals surface area contributed by atoms with Gasteiger partial charge in [0.1, 0.15) is 5.82 Å². The van der Waals surface area contributed by atoms with Crippen molar-refractivity contribution in [3.63, 3.8) is 0 Å². The normalized spacial score (nSPS) is 10.2. The van der Waals surface area contributed by atoms with E-state index < -0.39 is 5.82 Å². The SMILES string of the molecule is CNc1c(F)cccc1C(=O)NCCc1cscn1. The van der Waals surface area contributed by atoms with E-state index in [0.717, 1.165) is 5.69 Å². The first-order valence-electron chi connectivity index (χ1n) is 5.84. The summed E-state index contributed by atoms with van der Waals surface area (Å²) >= 11 is 1.52. The number of nitrogens with one attached hydrogen (secondary N) is 2. The van der Waals surface area contributed by atoms with Gasteiger partial charge in [0, 0.05) is 25.4 Å². The molecule has 0 spiro atoms. The number of carbonyl (C=O) groups excluding carboxylic acids is 1. The van der Waals surface area contributed by atoms with Crippen LogP contribution in [0.2, 0.25) is 0 Å². The predicted octanol–water partition coefficient (Wildman–Crippen LogP) is 2.30. The third-order valence-corrected chi connectivity index (χ3v) is 3.29. The minimum absolute atomic E-state index is 0.216. The fourth-order valence-corrected chi connectivity index (χ4v) is 2.32. The summed E-state index contributed by atoms with van der Waals surface area (Å²) in [5.74, 6) is -0.728. The Morgan fingerprint density at radius 3 is 3.00 bits per heavy atom. The Morgan fingerprint density at radius 1 is 1.47 bits per heavy atom. The number of benzene rings is 1. The summed E-state index contributed by atoms with van der Waals surface area (Å²) in [7, 11) is 1.59. The first kappa shape index (κ1) is 13.5. The van der Waals surface area contributed by atoms with Crippen molar-refractivity contribution in [3.05, 3.63) is 46.2 Å². The van der Waals surface area contributed by atoms with Crippen LogP contribution in [0.5, 0.6) is 0 Å². The number of rotatable bonds is 5. The second-order valence-corrected chi connectivity index (χ2v) is 4.62. The van der Waals surface area contributed by atoms with Gasteiger partial charge in [-0.25, -0.2) is 9.37 Å². The smallest absolute Gasteiger partial charge is 0.253 e. The molecule has 1 heterocycles. The molecule has 6 heteroatoms. The molecule has 0 atom stereocenters. The molecule has 0 saturated heterocycles. The van der Waals surface area contributed by atoms with Crippen molar-refractivity contribution in [2.24, 2.45) is 0 Å². The highest BCUT2D eigenvalue weighted by Crippen LogP contribution is 2.18. The van der Waals surface area contributed by atoms with Crippen LogP contribution in [0.25, 0.3) is 0 Å². The maximum Gasteiger partial charge on any atom is 0.253 e. The van der Waals surface area contributed by atoms with Gasteiger partial charge in [0.25, 0.3) is 5.91 Å². The van der Waals surface area contributed by atoms with Crippen LogP contribution in [0, 0.1) is 5.82 Å². The molecule has 19 heavy (non-hydrogen) atoms. The van der Waals surface area contributed by atoms with Gasteiger partial charge in [-0.15, -0.1) is 11.3 Å². The van der Waals surface area contributed by atoms with Crippen LogP contribution in [0.4, 0.5) is 10.1 Å². The zero-order valence-electron chi connectivity index (χ0n) is 10.4. The predicted molar refractivity (Wildman–Crippen MR) is 74.1 cm³/mol. The van der Waals surface area contributed by atoms with E-state index in [1.165, 1.54) is 23.5 Å². The number of hydrogen-bond donors (Lipinski definition) is 2. The van der Waals surface area contributed by atoms with Crippen LogP contribution >= 0.6 is 11.3 Å². The van der Waals surface area contributed by atoms with Gasteiger partial charge in [0.05, 0.1) is 22.5 Å². The molecule has 0 aliphatic heterocycles. The van der Waals surface area contributed by atoms with Gasteiger partial charge in [-0.1, -0.05) is 6.07 Å². The number of aromatic nitrogens is 1. The van der Waals surface area contributed by atoms with E-state index in [4.69, 9.17) is 0 Å². The summed E-state index contributed by atoms with van der Waals surface area (Å²) in [4.78, 5) is 16.1. The third kappa shape index (κ3) is 3.29. The van der Waals surface area contributed by atoms with Crippen molar-refractivity contribution in [2.75, 3.05) is 18.9 Å². The van der Waals surface area contributed by atoms with Crippen LogP contribution < -0.4 is 10.6 Å². The van der Waals surface area contributed by atoms with Gasteiger partial charge >= 0.3 is 0 Å². The van der Waals surface area contributed by atoms with Crippen molar-refractivity contribution < 1.29 is 9.18 Å². The van der Waals surface area contributed by atoms with Crippen molar-refractivity contribution in [2.45, 2.75) is 6.42 Å². The molecule has 0 bridgehead atoms. The largest absolute Gasteiger partial charge is 0.385 e. The highest BCUT2D eigenvalue weighted by atomic mass is 32.1. The number of hydrogen-bond acceptors (Lipinski definition) is 4. The van der Waals surface area contributed by atoms with E-state index in [1.54, 1.807) is 18.6 Å². The highest BCUT2D eigenvalue weighted by molar-refractivity contribution is 7.07. The quantitative estimate of drug-likeness (QED) is 0.883. The van der Waals surface area contributed by atoms with Gasteiger partial charge in [0.15, 0.2) is 0 Å². The van der Waals surface area contributed by atoms with Crippen molar-refractivity contribution in [1.82, 2.24) is 10.3 Å². The monoisotopic (exact) mass is 279 g/mol. The Balaban J connectivity index is 1.98. The molecule has 1 aromatic heterocycles. The molecule has 4 nitrogen and oxygen atoms in total. The number of nitrogens with zero attached hydrogens (tertiary/aromatic N) is 1. The molecule has 100 valence electrons. The van der Waals surface area contributed by atoms with E-state index in [1.807, 2.05) is 5.38 Å². The molecule has 1 amide bonds. The fraction of sp³-hybridized carbons (Fsp3) is 0.231. The maximum absolute atomic E-state index is 13.5.